The van der Waals surface area contributed by atoms with E-state index in [4.69, 9.17) is 10.5 Å². The zero-order valence-electron chi connectivity index (χ0n) is 11.2. The van der Waals surface area contributed by atoms with E-state index >= 15 is 0 Å². The Morgan fingerprint density at radius 2 is 1.88 bits per heavy atom. The molecular formula is C13H26N2O2. The van der Waals surface area contributed by atoms with Crippen LogP contribution in [0.25, 0.3) is 0 Å². The molecule has 3 atom stereocenters. The predicted octanol–water partition coefficient (Wildman–Crippen LogP) is 1.43. The van der Waals surface area contributed by atoms with Gasteiger partial charge in [0, 0.05) is 7.05 Å². The van der Waals surface area contributed by atoms with E-state index in [2.05, 4.69) is 12.2 Å². The lowest BCUT2D eigenvalue weighted by Gasteiger charge is -2.31. The Kier molecular flexibility index (Phi) is 5.92. The van der Waals surface area contributed by atoms with Gasteiger partial charge < -0.3 is 15.8 Å². The number of hydrogen-bond acceptors (Lipinski definition) is 3. The van der Waals surface area contributed by atoms with Gasteiger partial charge in [0.1, 0.15) is 6.04 Å². The van der Waals surface area contributed by atoms with E-state index in [1.165, 1.54) is 32.1 Å². The molecule has 3 N–H and O–H groups in total. The molecule has 1 saturated carbocycles. The average Bonchev–Trinajstić information content (AvgIpc) is 2.37. The van der Waals surface area contributed by atoms with E-state index in [0.29, 0.717) is 5.92 Å². The molecule has 1 aliphatic carbocycles. The lowest BCUT2D eigenvalue weighted by atomic mass is 9.86. The molecule has 17 heavy (non-hydrogen) atoms. The Hall–Kier alpha value is -0.610. The first-order valence-electron chi connectivity index (χ1n) is 6.69. The van der Waals surface area contributed by atoms with Crippen molar-refractivity contribution in [3.8, 4) is 0 Å². The number of nitrogens with two attached hydrogens (primary N) is 1. The first-order valence-corrected chi connectivity index (χ1v) is 6.69. The maximum Gasteiger partial charge on any atom is 0.239 e. The van der Waals surface area contributed by atoms with Crippen LogP contribution in [-0.2, 0) is 9.53 Å². The minimum Gasteiger partial charge on any atom is -0.373 e. The molecule has 0 saturated heterocycles. The van der Waals surface area contributed by atoms with Gasteiger partial charge in [0.15, 0.2) is 0 Å². The van der Waals surface area contributed by atoms with Crippen LogP contribution in [-0.4, -0.2) is 31.2 Å². The Balaban J connectivity index is 2.38. The standard InChI is InChI=1S/C13H26N2O2/c1-9(11-7-5-4-6-8-11)17-10(2)12(14)13(16)15-3/h9-12H,4-8,14H2,1-3H3,(H,15,16)/t9?,10-,12+/m1/s1. The molecule has 4 nitrogen and oxygen atoms in total. The fraction of sp³-hybridized carbons (Fsp3) is 0.923. The van der Waals surface area contributed by atoms with Crippen LogP contribution in [0.3, 0.4) is 0 Å². The Morgan fingerprint density at radius 1 is 1.29 bits per heavy atom. The molecule has 4 heteroatoms. The quantitative estimate of drug-likeness (QED) is 0.766. The molecule has 1 rings (SSSR count). The van der Waals surface area contributed by atoms with Crippen LogP contribution in [0.1, 0.15) is 46.0 Å². The topological polar surface area (TPSA) is 64.4 Å². The molecule has 0 spiro atoms. The Bertz CT molecular complexity index is 240. The molecule has 0 aromatic rings. The SMILES string of the molecule is CNC(=O)[C@@H](N)[C@@H](C)OC(C)C1CCCCC1. The van der Waals surface area contributed by atoms with E-state index in [1.54, 1.807) is 7.05 Å². The summed E-state index contributed by atoms with van der Waals surface area (Å²) < 4.78 is 5.89. The van der Waals surface area contributed by atoms with Gasteiger partial charge >= 0.3 is 0 Å². The van der Waals surface area contributed by atoms with Crippen molar-refractivity contribution >= 4 is 5.91 Å². The van der Waals surface area contributed by atoms with Gasteiger partial charge in [-0.05, 0) is 32.6 Å². The van der Waals surface area contributed by atoms with Crippen molar-refractivity contribution in [3.63, 3.8) is 0 Å². The van der Waals surface area contributed by atoms with Crippen molar-refractivity contribution in [1.82, 2.24) is 5.32 Å². The van der Waals surface area contributed by atoms with Crippen molar-refractivity contribution in [2.24, 2.45) is 11.7 Å². The second-order valence-corrected chi connectivity index (χ2v) is 5.08. The normalized spacial score (nSPS) is 22.8. The van der Waals surface area contributed by atoms with Gasteiger partial charge in [0.25, 0.3) is 0 Å². The number of amides is 1. The third-order valence-corrected chi connectivity index (χ3v) is 3.80. The minimum absolute atomic E-state index is 0.159. The van der Waals surface area contributed by atoms with E-state index in [0.717, 1.165) is 0 Å². The first-order chi connectivity index (χ1) is 8.06. The molecule has 1 amide bonds. The van der Waals surface area contributed by atoms with E-state index in [1.807, 2.05) is 6.92 Å². The summed E-state index contributed by atoms with van der Waals surface area (Å²) >= 11 is 0. The van der Waals surface area contributed by atoms with Crippen molar-refractivity contribution in [1.29, 1.82) is 0 Å². The van der Waals surface area contributed by atoms with Crippen LogP contribution in [0.15, 0.2) is 0 Å². The van der Waals surface area contributed by atoms with Crippen LogP contribution >= 0.6 is 0 Å². The highest BCUT2D eigenvalue weighted by Gasteiger charge is 2.26. The molecular weight excluding hydrogens is 216 g/mol. The van der Waals surface area contributed by atoms with Crippen LogP contribution in [0, 0.1) is 5.92 Å². The average molecular weight is 242 g/mol. The number of carbonyl (C=O) groups is 1. The lowest BCUT2D eigenvalue weighted by Crippen LogP contribution is -2.48. The van der Waals surface area contributed by atoms with Crippen molar-refractivity contribution in [3.05, 3.63) is 0 Å². The third-order valence-electron chi connectivity index (χ3n) is 3.80. The lowest BCUT2D eigenvalue weighted by molar-refractivity contribution is -0.127. The fourth-order valence-corrected chi connectivity index (χ4v) is 2.52. The monoisotopic (exact) mass is 242 g/mol. The minimum atomic E-state index is -0.578. The molecule has 0 aromatic carbocycles. The number of hydrogen-bond donors (Lipinski definition) is 2. The number of rotatable bonds is 5. The largest absolute Gasteiger partial charge is 0.373 e. The predicted molar refractivity (Wildman–Crippen MR) is 68.6 cm³/mol. The Labute approximate surface area is 104 Å². The summed E-state index contributed by atoms with van der Waals surface area (Å²) in [6, 6.07) is -0.578. The smallest absolute Gasteiger partial charge is 0.239 e. The van der Waals surface area contributed by atoms with Gasteiger partial charge in [-0.25, -0.2) is 0 Å². The zero-order valence-corrected chi connectivity index (χ0v) is 11.2. The van der Waals surface area contributed by atoms with Crippen molar-refractivity contribution in [2.45, 2.75) is 64.2 Å². The summed E-state index contributed by atoms with van der Waals surface area (Å²) in [6.45, 7) is 3.97. The molecule has 1 aliphatic rings. The molecule has 1 unspecified atom stereocenters. The highest BCUT2D eigenvalue weighted by atomic mass is 16.5. The molecule has 0 bridgehead atoms. The molecule has 1 fully saturated rings. The third kappa shape index (κ3) is 4.28. The van der Waals surface area contributed by atoms with Crippen LogP contribution in [0.2, 0.25) is 0 Å². The summed E-state index contributed by atoms with van der Waals surface area (Å²) in [5.41, 5.74) is 5.81. The van der Waals surface area contributed by atoms with Crippen molar-refractivity contribution < 1.29 is 9.53 Å². The van der Waals surface area contributed by atoms with Gasteiger partial charge in [-0.15, -0.1) is 0 Å². The molecule has 100 valence electrons. The second-order valence-electron chi connectivity index (χ2n) is 5.08. The van der Waals surface area contributed by atoms with Crippen LogP contribution in [0.4, 0.5) is 0 Å². The molecule has 0 aromatic heterocycles. The fourth-order valence-electron chi connectivity index (χ4n) is 2.52. The molecule has 0 aliphatic heterocycles. The number of nitrogens with one attached hydrogen (secondary N) is 1. The highest BCUT2D eigenvalue weighted by molar-refractivity contribution is 5.81. The summed E-state index contributed by atoms with van der Waals surface area (Å²) in [5, 5.41) is 2.55. The summed E-state index contributed by atoms with van der Waals surface area (Å²) in [7, 11) is 1.60. The number of carbonyl (C=O) groups excluding carboxylic acids is 1. The number of likely N-dealkylation sites (N-methyl/N-ethyl adjacent to an activating group) is 1. The van der Waals surface area contributed by atoms with Crippen LogP contribution < -0.4 is 11.1 Å². The molecule has 0 heterocycles. The highest BCUT2D eigenvalue weighted by Crippen LogP contribution is 2.28. The zero-order chi connectivity index (χ0) is 12.8. The van der Waals surface area contributed by atoms with Crippen molar-refractivity contribution in [2.75, 3.05) is 7.05 Å². The first kappa shape index (κ1) is 14.5. The van der Waals surface area contributed by atoms with E-state index in [-0.39, 0.29) is 18.1 Å². The van der Waals surface area contributed by atoms with Gasteiger partial charge in [0.05, 0.1) is 12.2 Å². The maximum absolute atomic E-state index is 11.4. The maximum atomic E-state index is 11.4. The van der Waals surface area contributed by atoms with Gasteiger partial charge in [-0.3, -0.25) is 4.79 Å². The van der Waals surface area contributed by atoms with Gasteiger partial charge in [0.2, 0.25) is 5.91 Å². The van der Waals surface area contributed by atoms with Gasteiger partial charge in [-0.2, -0.15) is 0 Å². The number of ether oxygens (including phenoxy) is 1. The van der Waals surface area contributed by atoms with Gasteiger partial charge in [-0.1, -0.05) is 19.3 Å². The second kappa shape index (κ2) is 6.97. The summed E-state index contributed by atoms with van der Waals surface area (Å²) in [6.07, 6.45) is 6.39. The van der Waals surface area contributed by atoms with Crippen LogP contribution in [0.5, 0.6) is 0 Å². The van der Waals surface area contributed by atoms with E-state index in [9.17, 15) is 4.79 Å². The summed E-state index contributed by atoms with van der Waals surface area (Å²) in [5.74, 6) is 0.469. The molecule has 0 radical (unpaired) electrons. The Morgan fingerprint density at radius 3 is 2.41 bits per heavy atom. The summed E-state index contributed by atoms with van der Waals surface area (Å²) in [4.78, 5) is 11.4. The van der Waals surface area contributed by atoms with E-state index < -0.39 is 6.04 Å².